The first kappa shape index (κ1) is 12.5. The smallest absolute Gasteiger partial charge is 0.193 e. The summed E-state index contributed by atoms with van der Waals surface area (Å²) in [4.78, 5) is 6.09. The Hall–Kier alpha value is -1.58. The lowest BCUT2D eigenvalue weighted by Gasteiger charge is -2.21. The Kier molecular flexibility index (Phi) is 4.76. The molecule has 0 atom stereocenters. The maximum atomic E-state index is 13.0. The summed E-state index contributed by atoms with van der Waals surface area (Å²) < 4.78 is 13.0. The van der Waals surface area contributed by atoms with Gasteiger partial charge in [0.1, 0.15) is 5.82 Å². The van der Waals surface area contributed by atoms with E-state index in [0.717, 1.165) is 18.1 Å². The van der Waals surface area contributed by atoms with Crippen molar-refractivity contribution in [2.75, 3.05) is 20.6 Å². The first-order valence-electron chi connectivity index (χ1n) is 5.33. The summed E-state index contributed by atoms with van der Waals surface area (Å²) in [6, 6.07) is 6.60. The van der Waals surface area contributed by atoms with Gasteiger partial charge in [-0.2, -0.15) is 0 Å². The Morgan fingerprint density at radius 2 is 2.25 bits per heavy atom. The number of nitrogens with one attached hydrogen (secondary N) is 1. The van der Waals surface area contributed by atoms with Crippen molar-refractivity contribution in [2.24, 2.45) is 4.99 Å². The molecule has 0 aliphatic rings. The second-order valence-electron chi connectivity index (χ2n) is 3.56. The molecule has 0 fully saturated rings. The molecule has 0 unspecified atom stereocenters. The fourth-order valence-electron chi connectivity index (χ4n) is 1.53. The molecule has 0 radical (unpaired) electrons. The minimum Gasteiger partial charge on any atom is -0.357 e. The Bertz CT molecular complexity index is 363. The Morgan fingerprint density at radius 3 is 2.81 bits per heavy atom. The van der Waals surface area contributed by atoms with Gasteiger partial charge in [-0.15, -0.1) is 0 Å². The lowest BCUT2D eigenvalue weighted by molar-refractivity contribution is 0.477. The van der Waals surface area contributed by atoms with E-state index in [0.29, 0.717) is 6.54 Å². The molecule has 0 amide bonds. The summed E-state index contributed by atoms with van der Waals surface area (Å²) >= 11 is 0. The molecule has 16 heavy (non-hydrogen) atoms. The Morgan fingerprint density at radius 1 is 1.50 bits per heavy atom. The van der Waals surface area contributed by atoms with Crippen molar-refractivity contribution in [3.05, 3.63) is 35.6 Å². The van der Waals surface area contributed by atoms with Gasteiger partial charge in [0, 0.05) is 27.2 Å². The number of hydrogen-bond acceptors (Lipinski definition) is 1. The summed E-state index contributed by atoms with van der Waals surface area (Å²) in [5.41, 5.74) is 0.932. The second kappa shape index (κ2) is 6.10. The first-order valence-corrected chi connectivity index (χ1v) is 5.33. The maximum absolute atomic E-state index is 13.0. The maximum Gasteiger partial charge on any atom is 0.193 e. The zero-order valence-corrected chi connectivity index (χ0v) is 10.00. The highest BCUT2D eigenvalue weighted by Crippen LogP contribution is 2.06. The highest BCUT2D eigenvalue weighted by atomic mass is 19.1. The monoisotopic (exact) mass is 223 g/mol. The average molecular weight is 223 g/mol. The number of rotatable bonds is 3. The van der Waals surface area contributed by atoms with Crippen LogP contribution in [0, 0.1) is 5.82 Å². The van der Waals surface area contributed by atoms with Crippen LogP contribution < -0.4 is 5.32 Å². The minimum atomic E-state index is -0.204. The van der Waals surface area contributed by atoms with E-state index in [2.05, 4.69) is 10.3 Å². The predicted molar refractivity (Wildman–Crippen MR) is 64.9 cm³/mol. The molecule has 0 saturated heterocycles. The van der Waals surface area contributed by atoms with Crippen LogP contribution in [0.5, 0.6) is 0 Å². The van der Waals surface area contributed by atoms with Crippen molar-refractivity contribution in [2.45, 2.75) is 13.5 Å². The third-order valence-corrected chi connectivity index (χ3v) is 2.22. The van der Waals surface area contributed by atoms with Gasteiger partial charge in [0.05, 0.1) is 0 Å². The molecule has 0 heterocycles. The van der Waals surface area contributed by atoms with E-state index in [4.69, 9.17) is 0 Å². The van der Waals surface area contributed by atoms with Crippen molar-refractivity contribution in [3.63, 3.8) is 0 Å². The molecule has 0 aromatic heterocycles. The lowest BCUT2D eigenvalue weighted by Crippen LogP contribution is -2.38. The van der Waals surface area contributed by atoms with E-state index in [1.54, 1.807) is 13.1 Å². The molecule has 0 spiro atoms. The van der Waals surface area contributed by atoms with Gasteiger partial charge < -0.3 is 10.2 Å². The molecule has 1 aromatic carbocycles. The topological polar surface area (TPSA) is 27.6 Å². The fourth-order valence-corrected chi connectivity index (χ4v) is 1.53. The number of guanidine groups is 1. The minimum absolute atomic E-state index is 0.204. The van der Waals surface area contributed by atoms with Crippen molar-refractivity contribution in [3.8, 4) is 0 Å². The normalized spacial score (nSPS) is 11.4. The van der Waals surface area contributed by atoms with Gasteiger partial charge in [-0.1, -0.05) is 12.1 Å². The van der Waals surface area contributed by atoms with Crippen molar-refractivity contribution < 1.29 is 4.39 Å². The van der Waals surface area contributed by atoms with Gasteiger partial charge in [-0.25, -0.2) is 4.39 Å². The first-order chi connectivity index (χ1) is 7.67. The molecule has 1 aromatic rings. The van der Waals surface area contributed by atoms with Crippen LogP contribution in [0.4, 0.5) is 4.39 Å². The SMILES string of the molecule is CCNC(=NC)N(C)Cc1cccc(F)c1. The van der Waals surface area contributed by atoms with Gasteiger partial charge in [0.2, 0.25) is 0 Å². The van der Waals surface area contributed by atoms with Crippen LogP contribution in [0.2, 0.25) is 0 Å². The van der Waals surface area contributed by atoms with Crippen molar-refractivity contribution >= 4 is 5.96 Å². The van der Waals surface area contributed by atoms with Crippen LogP contribution in [0.1, 0.15) is 12.5 Å². The molecule has 1 N–H and O–H groups in total. The number of nitrogens with zero attached hydrogens (tertiary/aromatic N) is 2. The third kappa shape index (κ3) is 3.53. The molecule has 88 valence electrons. The van der Waals surface area contributed by atoms with Crippen LogP contribution in [0.15, 0.2) is 29.3 Å². The van der Waals surface area contributed by atoms with Gasteiger partial charge in [-0.05, 0) is 24.6 Å². The van der Waals surface area contributed by atoms with E-state index in [1.807, 2.05) is 24.9 Å². The zero-order chi connectivity index (χ0) is 12.0. The molecule has 0 aliphatic carbocycles. The van der Waals surface area contributed by atoms with Crippen LogP contribution in [-0.2, 0) is 6.54 Å². The van der Waals surface area contributed by atoms with Crippen LogP contribution in [-0.4, -0.2) is 31.5 Å². The van der Waals surface area contributed by atoms with Gasteiger partial charge >= 0.3 is 0 Å². The van der Waals surface area contributed by atoms with E-state index >= 15 is 0 Å². The molecule has 0 aliphatic heterocycles. The summed E-state index contributed by atoms with van der Waals surface area (Å²) in [5.74, 6) is 0.607. The van der Waals surface area contributed by atoms with Crippen molar-refractivity contribution in [1.82, 2.24) is 10.2 Å². The summed E-state index contributed by atoms with van der Waals surface area (Å²) in [6.07, 6.45) is 0. The molecule has 4 heteroatoms. The van der Waals surface area contributed by atoms with Gasteiger partial charge in [-0.3, -0.25) is 4.99 Å². The van der Waals surface area contributed by atoms with Crippen LogP contribution in [0.25, 0.3) is 0 Å². The number of aliphatic imine (C=N–C) groups is 1. The highest BCUT2D eigenvalue weighted by molar-refractivity contribution is 5.79. The molecule has 3 nitrogen and oxygen atoms in total. The van der Waals surface area contributed by atoms with E-state index < -0.39 is 0 Å². The average Bonchev–Trinajstić information content (AvgIpc) is 2.25. The highest BCUT2D eigenvalue weighted by Gasteiger charge is 2.05. The molecule has 0 saturated carbocycles. The Balaban J connectivity index is 2.66. The largest absolute Gasteiger partial charge is 0.357 e. The number of halogens is 1. The number of benzene rings is 1. The van der Waals surface area contributed by atoms with Gasteiger partial charge in [0.25, 0.3) is 0 Å². The van der Waals surface area contributed by atoms with E-state index in [-0.39, 0.29) is 5.82 Å². The quantitative estimate of drug-likeness (QED) is 0.625. The summed E-state index contributed by atoms with van der Waals surface area (Å²) in [6.45, 7) is 3.47. The molecule has 1 rings (SSSR count). The van der Waals surface area contributed by atoms with E-state index in [1.165, 1.54) is 12.1 Å². The van der Waals surface area contributed by atoms with Crippen LogP contribution in [0.3, 0.4) is 0 Å². The molecule has 0 bridgehead atoms. The second-order valence-corrected chi connectivity index (χ2v) is 3.56. The zero-order valence-electron chi connectivity index (χ0n) is 10.00. The molecular formula is C12H18FN3. The van der Waals surface area contributed by atoms with E-state index in [9.17, 15) is 4.39 Å². The standard InChI is InChI=1S/C12H18FN3/c1-4-15-12(14-2)16(3)9-10-6-5-7-11(13)8-10/h5-8H,4,9H2,1-3H3,(H,14,15). The Labute approximate surface area is 96.0 Å². The summed E-state index contributed by atoms with van der Waals surface area (Å²) in [5, 5.41) is 3.15. The van der Waals surface area contributed by atoms with Crippen molar-refractivity contribution in [1.29, 1.82) is 0 Å². The third-order valence-electron chi connectivity index (χ3n) is 2.22. The van der Waals surface area contributed by atoms with Gasteiger partial charge in [0.15, 0.2) is 5.96 Å². The summed E-state index contributed by atoms with van der Waals surface area (Å²) in [7, 11) is 3.66. The number of hydrogen-bond donors (Lipinski definition) is 1. The molecular weight excluding hydrogens is 205 g/mol. The fraction of sp³-hybridized carbons (Fsp3) is 0.417. The van der Waals surface area contributed by atoms with Crippen LogP contribution >= 0.6 is 0 Å². The lowest BCUT2D eigenvalue weighted by atomic mass is 10.2. The predicted octanol–water partition coefficient (Wildman–Crippen LogP) is 1.85.